The van der Waals surface area contributed by atoms with E-state index in [-0.39, 0.29) is 6.17 Å². The molecular formula is C33H38IN5OP+. The SMILES string of the molecule is C[N+](C)=C1NC(N)=NC(c2ccc(OCCCCP(I)(c3ccccc3)(c3ccccc3)c3ccccc3)cc2)N1. The Kier molecular flexibility index (Phi) is 8.95. The third-order valence-corrected chi connectivity index (χ3v) is 19.3. The van der Waals surface area contributed by atoms with Gasteiger partial charge in [-0.2, -0.15) is 0 Å². The van der Waals surface area contributed by atoms with E-state index >= 15 is 0 Å². The average molecular weight is 679 g/mol. The Morgan fingerprint density at radius 2 is 1.29 bits per heavy atom. The summed E-state index contributed by atoms with van der Waals surface area (Å²) in [5.41, 5.74) is 7.02. The molecule has 0 aromatic heterocycles. The number of benzene rings is 4. The summed E-state index contributed by atoms with van der Waals surface area (Å²) in [6.45, 7) is 0.663. The van der Waals surface area contributed by atoms with Gasteiger partial charge in [0.05, 0.1) is 14.1 Å². The van der Waals surface area contributed by atoms with Crippen molar-refractivity contribution >= 4 is 54.1 Å². The van der Waals surface area contributed by atoms with E-state index < -0.39 is 4.25 Å². The molecule has 0 spiro atoms. The number of halogens is 1. The Morgan fingerprint density at radius 3 is 1.78 bits per heavy atom. The van der Waals surface area contributed by atoms with E-state index in [2.05, 4.69) is 129 Å². The Bertz CT molecular complexity index is 1410. The van der Waals surface area contributed by atoms with Crippen molar-refractivity contribution in [3.05, 3.63) is 121 Å². The molecule has 1 aliphatic rings. The molecule has 0 radical (unpaired) electrons. The van der Waals surface area contributed by atoms with Gasteiger partial charge in [-0.1, -0.05) is 0 Å². The molecule has 0 amide bonds. The molecule has 1 heterocycles. The van der Waals surface area contributed by atoms with Crippen LogP contribution in [0.4, 0.5) is 0 Å². The third kappa shape index (κ3) is 6.11. The second-order valence-corrected chi connectivity index (χ2v) is 21.2. The fourth-order valence-electron chi connectivity index (χ4n) is 5.39. The van der Waals surface area contributed by atoms with Gasteiger partial charge in [-0.15, -0.1) is 0 Å². The Labute approximate surface area is 256 Å². The van der Waals surface area contributed by atoms with Gasteiger partial charge in [-0.25, -0.2) is 5.32 Å². The molecule has 1 aliphatic heterocycles. The fourth-order valence-corrected chi connectivity index (χ4v) is 14.2. The van der Waals surface area contributed by atoms with Crippen molar-refractivity contribution in [2.75, 3.05) is 26.9 Å². The molecular weight excluding hydrogens is 640 g/mol. The van der Waals surface area contributed by atoms with Crippen molar-refractivity contribution in [3.63, 3.8) is 0 Å². The Morgan fingerprint density at radius 1 is 0.780 bits per heavy atom. The standard InChI is InChI=1S/C33H37IN5OP/c1-39(2)33-37-31(36-32(35)38-33)26-20-22-27(23-21-26)40-24-12-13-25-41(34,28-14-6-3-7-15-28,29-16-8-4-9-17-29)30-18-10-5-11-19-30/h3-11,14-23,31H,12-13,24-25H2,1-2H3,(H3,35,36,37,38)/p+1. The van der Waals surface area contributed by atoms with Gasteiger partial charge < -0.3 is 5.73 Å². The average Bonchev–Trinajstić information content (AvgIpc) is 3.02. The van der Waals surface area contributed by atoms with E-state index in [0.717, 1.165) is 36.3 Å². The van der Waals surface area contributed by atoms with E-state index in [1.165, 1.54) is 15.9 Å². The van der Waals surface area contributed by atoms with Crippen molar-refractivity contribution in [3.8, 4) is 5.75 Å². The van der Waals surface area contributed by atoms with Gasteiger partial charge in [0.1, 0.15) is 0 Å². The second-order valence-electron chi connectivity index (χ2n) is 10.5. The molecule has 5 rings (SSSR count). The van der Waals surface area contributed by atoms with Gasteiger partial charge in [0.15, 0.2) is 0 Å². The van der Waals surface area contributed by atoms with Crippen molar-refractivity contribution < 1.29 is 9.31 Å². The minimum absolute atomic E-state index is 0.241. The zero-order valence-corrected chi connectivity index (χ0v) is 26.6. The second kappa shape index (κ2) is 12.6. The number of aliphatic imine (C=N–C) groups is 1. The first kappa shape index (κ1) is 29.1. The zero-order chi connectivity index (χ0) is 28.7. The van der Waals surface area contributed by atoms with Crippen LogP contribution in [-0.4, -0.2) is 43.4 Å². The fraction of sp³-hybridized carbons (Fsp3) is 0.212. The summed E-state index contributed by atoms with van der Waals surface area (Å²) in [4.78, 5) is 4.49. The third-order valence-electron chi connectivity index (χ3n) is 7.56. The molecule has 0 saturated heterocycles. The van der Waals surface area contributed by atoms with E-state index in [1.54, 1.807) is 0 Å². The summed E-state index contributed by atoms with van der Waals surface area (Å²) in [7, 11) is 3.90. The molecule has 4 aromatic carbocycles. The maximum absolute atomic E-state index is 6.20. The van der Waals surface area contributed by atoms with Gasteiger partial charge in [-0.05, 0) is 0 Å². The number of unbranched alkanes of at least 4 members (excludes halogenated alkanes) is 1. The Hall–Kier alpha value is -3.42. The van der Waals surface area contributed by atoms with Gasteiger partial charge >= 0.3 is 228 Å². The predicted molar refractivity (Wildman–Crippen MR) is 183 cm³/mol. The molecule has 8 heteroatoms. The van der Waals surface area contributed by atoms with Crippen LogP contribution in [0.25, 0.3) is 0 Å². The molecule has 4 aromatic rings. The van der Waals surface area contributed by atoms with E-state index in [0.29, 0.717) is 12.6 Å². The number of nitrogens with zero attached hydrogens (tertiary/aromatic N) is 2. The number of hydrogen-bond acceptors (Lipinski definition) is 3. The monoisotopic (exact) mass is 678 g/mol. The molecule has 212 valence electrons. The normalized spacial score (nSPS) is 16.0. The molecule has 0 bridgehead atoms. The van der Waals surface area contributed by atoms with Crippen molar-refractivity contribution in [2.24, 2.45) is 10.7 Å². The van der Waals surface area contributed by atoms with Crippen LogP contribution in [-0.2, 0) is 0 Å². The predicted octanol–water partition coefficient (Wildman–Crippen LogP) is 4.86. The summed E-state index contributed by atoms with van der Waals surface area (Å²) >= 11 is 2.86. The zero-order valence-electron chi connectivity index (χ0n) is 23.6. The first-order chi connectivity index (χ1) is 19.9. The minimum atomic E-state index is -2.74. The topological polar surface area (TPSA) is 74.7 Å². The number of nitrogens with one attached hydrogen (secondary N) is 2. The molecule has 4 N–H and O–H groups in total. The molecule has 0 aliphatic carbocycles. The van der Waals surface area contributed by atoms with Crippen LogP contribution in [0.15, 0.2) is 120 Å². The molecule has 1 atom stereocenters. The van der Waals surface area contributed by atoms with Crippen LogP contribution < -0.4 is 37.0 Å². The molecule has 0 saturated carbocycles. The molecule has 1 unspecified atom stereocenters. The number of hydrogen-bond donors (Lipinski definition) is 3. The van der Waals surface area contributed by atoms with Crippen LogP contribution >= 0.6 is 26.3 Å². The van der Waals surface area contributed by atoms with Gasteiger partial charge in [0.2, 0.25) is 0 Å². The molecule has 6 nitrogen and oxygen atoms in total. The van der Waals surface area contributed by atoms with Crippen molar-refractivity contribution in [1.29, 1.82) is 0 Å². The van der Waals surface area contributed by atoms with E-state index in [9.17, 15) is 0 Å². The number of ether oxygens (including phenoxy) is 1. The summed E-state index contributed by atoms with van der Waals surface area (Å²) in [5.74, 6) is 2.07. The van der Waals surface area contributed by atoms with E-state index in [1.807, 2.05) is 42.9 Å². The van der Waals surface area contributed by atoms with Crippen LogP contribution in [0.5, 0.6) is 5.75 Å². The van der Waals surface area contributed by atoms with E-state index in [4.69, 9.17) is 10.5 Å². The quantitative estimate of drug-likeness (QED) is 0.0971. The number of rotatable bonds is 10. The first-order valence-electron chi connectivity index (χ1n) is 13.9. The van der Waals surface area contributed by atoms with Crippen LogP contribution in [0.2, 0.25) is 0 Å². The summed E-state index contributed by atoms with van der Waals surface area (Å²) in [6.07, 6.45) is 2.84. The van der Waals surface area contributed by atoms with Crippen LogP contribution in [0.3, 0.4) is 0 Å². The van der Waals surface area contributed by atoms with Gasteiger partial charge in [-0.3, -0.25) is 4.58 Å². The van der Waals surface area contributed by atoms with Crippen molar-refractivity contribution in [2.45, 2.75) is 19.0 Å². The summed E-state index contributed by atoms with van der Waals surface area (Å²) < 4.78 is 5.40. The van der Waals surface area contributed by atoms with Gasteiger partial charge in [0, 0.05) is 0 Å². The number of guanidine groups is 2. The number of nitrogens with two attached hydrogens (primary N) is 1. The first-order valence-corrected chi connectivity index (χ1v) is 19.1. The summed E-state index contributed by atoms with van der Waals surface area (Å²) in [6, 6.07) is 41.4. The van der Waals surface area contributed by atoms with Gasteiger partial charge in [0.25, 0.3) is 0 Å². The van der Waals surface area contributed by atoms with Crippen LogP contribution in [0.1, 0.15) is 24.6 Å². The summed E-state index contributed by atoms with van der Waals surface area (Å²) in [5, 5.41) is 10.7. The van der Waals surface area contributed by atoms with Crippen LogP contribution in [0, 0.1) is 0 Å². The molecule has 41 heavy (non-hydrogen) atoms. The molecule has 0 fully saturated rings. The van der Waals surface area contributed by atoms with Crippen molar-refractivity contribution in [1.82, 2.24) is 10.6 Å². The maximum atomic E-state index is 6.20. The Balaban J connectivity index is 1.30.